The summed E-state index contributed by atoms with van der Waals surface area (Å²) in [6, 6.07) is 1.90. The van der Waals surface area contributed by atoms with E-state index in [0.717, 1.165) is 57.2 Å². The van der Waals surface area contributed by atoms with Crippen molar-refractivity contribution in [2.45, 2.75) is 26.7 Å². The summed E-state index contributed by atoms with van der Waals surface area (Å²) in [5.41, 5.74) is 0.963. The fraction of sp³-hybridized carbons (Fsp3) is 0.706. The molecule has 23 heavy (non-hydrogen) atoms. The molecule has 1 aromatic heterocycles. The molecule has 1 aliphatic rings. The number of anilines is 1. The smallest absolute Gasteiger partial charge is 0.227 e. The van der Waals surface area contributed by atoms with Crippen LogP contribution < -0.4 is 4.90 Å². The molecule has 0 bridgehead atoms. The Bertz CT molecular complexity index is 519. The van der Waals surface area contributed by atoms with E-state index in [9.17, 15) is 4.79 Å². The molecule has 1 amide bonds. The summed E-state index contributed by atoms with van der Waals surface area (Å²) in [4.78, 5) is 27.9. The van der Waals surface area contributed by atoms with Crippen LogP contribution in [-0.4, -0.2) is 72.5 Å². The predicted octanol–water partition coefficient (Wildman–Crippen LogP) is 1.41. The zero-order valence-electron chi connectivity index (χ0n) is 14.8. The van der Waals surface area contributed by atoms with Crippen LogP contribution in [0, 0.1) is 12.8 Å². The van der Waals surface area contributed by atoms with E-state index < -0.39 is 0 Å². The lowest BCUT2D eigenvalue weighted by atomic mass is 9.96. The van der Waals surface area contributed by atoms with Gasteiger partial charge in [-0.1, -0.05) is 0 Å². The van der Waals surface area contributed by atoms with E-state index in [1.54, 1.807) is 6.20 Å². The lowest BCUT2D eigenvalue weighted by Crippen LogP contribution is -2.46. The molecule has 0 N–H and O–H groups in total. The SMILES string of the molecule is CCN(CCN(C)C)C(=O)C1CCCN(c2nccc(C)n2)C1. The number of piperidine rings is 1. The molecule has 1 unspecified atom stereocenters. The molecule has 1 fully saturated rings. The summed E-state index contributed by atoms with van der Waals surface area (Å²) in [6.07, 6.45) is 3.76. The number of nitrogens with zero attached hydrogens (tertiary/aromatic N) is 5. The van der Waals surface area contributed by atoms with Crippen LogP contribution in [0.3, 0.4) is 0 Å². The molecule has 0 spiro atoms. The van der Waals surface area contributed by atoms with Gasteiger partial charge in [0.1, 0.15) is 0 Å². The molecule has 0 aliphatic carbocycles. The van der Waals surface area contributed by atoms with Crippen molar-refractivity contribution in [3.05, 3.63) is 18.0 Å². The van der Waals surface area contributed by atoms with Gasteiger partial charge in [-0.25, -0.2) is 9.97 Å². The Kier molecular flexibility index (Phi) is 6.33. The number of hydrogen-bond donors (Lipinski definition) is 0. The molecule has 1 aliphatic heterocycles. The molecule has 128 valence electrons. The highest BCUT2D eigenvalue weighted by atomic mass is 16.2. The third-order valence-electron chi connectivity index (χ3n) is 4.35. The van der Waals surface area contributed by atoms with Gasteiger partial charge in [-0.2, -0.15) is 0 Å². The maximum Gasteiger partial charge on any atom is 0.227 e. The molecular formula is C17H29N5O. The lowest BCUT2D eigenvalue weighted by Gasteiger charge is -2.35. The van der Waals surface area contributed by atoms with Crippen molar-refractivity contribution in [2.24, 2.45) is 5.92 Å². The van der Waals surface area contributed by atoms with Crippen LogP contribution in [-0.2, 0) is 4.79 Å². The van der Waals surface area contributed by atoms with Gasteiger partial charge in [-0.05, 0) is 46.9 Å². The molecule has 6 nitrogen and oxygen atoms in total. The molecule has 0 aromatic carbocycles. The molecular weight excluding hydrogens is 290 g/mol. The summed E-state index contributed by atoms with van der Waals surface area (Å²) in [5.74, 6) is 1.07. The average Bonchev–Trinajstić information content (AvgIpc) is 2.55. The van der Waals surface area contributed by atoms with Gasteiger partial charge in [-0.15, -0.1) is 0 Å². The zero-order chi connectivity index (χ0) is 16.8. The van der Waals surface area contributed by atoms with Crippen molar-refractivity contribution in [3.63, 3.8) is 0 Å². The number of likely N-dealkylation sites (N-methyl/N-ethyl adjacent to an activating group) is 2. The van der Waals surface area contributed by atoms with E-state index in [2.05, 4.69) is 26.7 Å². The van der Waals surface area contributed by atoms with Crippen LogP contribution in [0.5, 0.6) is 0 Å². The summed E-state index contributed by atoms with van der Waals surface area (Å²) < 4.78 is 0. The first kappa shape index (κ1) is 17.7. The van der Waals surface area contributed by atoms with Gasteiger partial charge in [0.05, 0.1) is 5.92 Å². The van der Waals surface area contributed by atoms with Gasteiger partial charge in [0.2, 0.25) is 11.9 Å². The summed E-state index contributed by atoms with van der Waals surface area (Å²) >= 11 is 0. The first-order valence-corrected chi connectivity index (χ1v) is 8.49. The predicted molar refractivity (Wildman–Crippen MR) is 92.5 cm³/mol. The van der Waals surface area contributed by atoms with Crippen molar-refractivity contribution in [1.82, 2.24) is 19.8 Å². The topological polar surface area (TPSA) is 52.6 Å². The third-order valence-corrected chi connectivity index (χ3v) is 4.35. The summed E-state index contributed by atoms with van der Waals surface area (Å²) in [7, 11) is 4.07. The van der Waals surface area contributed by atoms with E-state index >= 15 is 0 Å². The Morgan fingerprint density at radius 3 is 2.83 bits per heavy atom. The van der Waals surface area contributed by atoms with Gasteiger partial charge in [0.15, 0.2) is 0 Å². The van der Waals surface area contributed by atoms with Crippen LogP contribution in [0.2, 0.25) is 0 Å². The van der Waals surface area contributed by atoms with Crippen LogP contribution in [0.15, 0.2) is 12.3 Å². The van der Waals surface area contributed by atoms with E-state index in [1.165, 1.54) is 0 Å². The first-order valence-electron chi connectivity index (χ1n) is 8.49. The highest BCUT2D eigenvalue weighted by Gasteiger charge is 2.29. The number of carbonyl (C=O) groups is 1. The summed E-state index contributed by atoms with van der Waals surface area (Å²) in [6.45, 7) is 8.13. The van der Waals surface area contributed by atoms with E-state index in [-0.39, 0.29) is 11.8 Å². The van der Waals surface area contributed by atoms with Crippen molar-refractivity contribution in [3.8, 4) is 0 Å². The molecule has 1 saturated heterocycles. The largest absolute Gasteiger partial charge is 0.341 e. The fourth-order valence-electron chi connectivity index (χ4n) is 2.95. The monoisotopic (exact) mass is 319 g/mol. The number of aryl methyl sites for hydroxylation is 1. The second kappa shape index (κ2) is 8.24. The standard InChI is InChI=1S/C17H29N5O/c1-5-21(12-11-20(3)4)16(23)15-7-6-10-22(13-15)17-18-9-8-14(2)19-17/h8-9,15H,5-7,10-13H2,1-4H3. The van der Waals surface area contributed by atoms with Gasteiger partial charge in [0.25, 0.3) is 0 Å². The van der Waals surface area contributed by atoms with Crippen molar-refractivity contribution in [2.75, 3.05) is 51.7 Å². The van der Waals surface area contributed by atoms with Gasteiger partial charge in [-0.3, -0.25) is 4.79 Å². The second-order valence-corrected chi connectivity index (χ2v) is 6.50. The highest BCUT2D eigenvalue weighted by molar-refractivity contribution is 5.79. The van der Waals surface area contributed by atoms with Gasteiger partial charge >= 0.3 is 0 Å². The average molecular weight is 319 g/mol. The Morgan fingerprint density at radius 1 is 1.39 bits per heavy atom. The Labute approximate surface area is 139 Å². The van der Waals surface area contributed by atoms with Crippen molar-refractivity contribution >= 4 is 11.9 Å². The van der Waals surface area contributed by atoms with Gasteiger partial charge in [0, 0.05) is 44.6 Å². The fourth-order valence-corrected chi connectivity index (χ4v) is 2.95. The van der Waals surface area contributed by atoms with E-state index in [1.807, 2.05) is 32.0 Å². The molecule has 6 heteroatoms. The maximum atomic E-state index is 12.8. The molecule has 0 radical (unpaired) electrons. The van der Waals surface area contributed by atoms with E-state index in [0.29, 0.717) is 0 Å². The molecule has 0 saturated carbocycles. The minimum Gasteiger partial charge on any atom is -0.341 e. The minimum atomic E-state index is 0.0509. The van der Waals surface area contributed by atoms with Crippen LogP contribution in [0.4, 0.5) is 5.95 Å². The second-order valence-electron chi connectivity index (χ2n) is 6.50. The number of rotatable bonds is 6. The van der Waals surface area contributed by atoms with Gasteiger partial charge < -0.3 is 14.7 Å². The third kappa shape index (κ3) is 4.89. The number of hydrogen-bond acceptors (Lipinski definition) is 5. The zero-order valence-corrected chi connectivity index (χ0v) is 14.8. The quantitative estimate of drug-likeness (QED) is 0.793. The van der Waals surface area contributed by atoms with Crippen LogP contribution in [0.1, 0.15) is 25.5 Å². The Morgan fingerprint density at radius 2 is 2.17 bits per heavy atom. The molecule has 2 rings (SSSR count). The number of aromatic nitrogens is 2. The van der Waals surface area contributed by atoms with Crippen molar-refractivity contribution < 1.29 is 4.79 Å². The normalized spacial score (nSPS) is 18.3. The van der Waals surface area contributed by atoms with Crippen molar-refractivity contribution in [1.29, 1.82) is 0 Å². The Hall–Kier alpha value is -1.69. The van der Waals surface area contributed by atoms with E-state index in [4.69, 9.17) is 0 Å². The minimum absolute atomic E-state index is 0.0509. The lowest BCUT2D eigenvalue weighted by molar-refractivity contribution is -0.135. The number of amides is 1. The van der Waals surface area contributed by atoms with Crippen LogP contribution >= 0.6 is 0 Å². The molecule has 1 atom stereocenters. The Balaban J connectivity index is 2.00. The first-order chi connectivity index (χ1) is 11.0. The molecule has 1 aromatic rings. The number of carbonyl (C=O) groups excluding carboxylic acids is 1. The highest BCUT2D eigenvalue weighted by Crippen LogP contribution is 2.22. The maximum absolute atomic E-state index is 12.8. The summed E-state index contributed by atoms with van der Waals surface area (Å²) in [5, 5.41) is 0. The molecule has 2 heterocycles. The van der Waals surface area contributed by atoms with Crippen LogP contribution in [0.25, 0.3) is 0 Å².